The fourth-order valence-electron chi connectivity index (χ4n) is 1.37. The van der Waals surface area contributed by atoms with Crippen molar-refractivity contribution >= 4 is 21.9 Å². The molecule has 6 nitrogen and oxygen atoms in total. The van der Waals surface area contributed by atoms with E-state index >= 15 is 0 Å². The molecule has 1 aromatic rings. The molecule has 1 aromatic heterocycles. The number of ether oxygens (including phenoxy) is 2. The number of likely N-dealkylation sites (N-methyl/N-ethyl adjacent to an activating group) is 1. The van der Waals surface area contributed by atoms with Crippen LogP contribution >= 0.6 is 15.9 Å². The molecule has 0 saturated heterocycles. The molecular formula is C10H17BrN4O2. The van der Waals surface area contributed by atoms with Crippen LogP contribution in [0.2, 0.25) is 0 Å². The van der Waals surface area contributed by atoms with Gasteiger partial charge in [-0.25, -0.2) is 4.98 Å². The summed E-state index contributed by atoms with van der Waals surface area (Å²) in [6.45, 7) is 1.11. The van der Waals surface area contributed by atoms with Crippen molar-refractivity contribution in [2.75, 3.05) is 39.3 Å². The first kappa shape index (κ1) is 14.1. The van der Waals surface area contributed by atoms with Crippen molar-refractivity contribution in [3.8, 4) is 5.88 Å². The minimum atomic E-state index is -0.0803. The molecule has 0 aromatic carbocycles. The Morgan fingerprint density at radius 1 is 1.53 bits per heavy atom. The van der Waals surface area contributed by atoms with Crippen LogP contribution < -0.4 is 15.4 Å². The molecule has 1 rings (SSSR count). The molecule has 0 aliphatic rings. The lowest BCUT2D eigenvalue weighted by atomic mass is 10.3. The third-order valence-corrected chi connectivity index (χ3v) is 2.67. The van der Waals surface area contributed by atoms with Crippen LogP contribution in [-0.4, -0.2) is 50.4 Å². The van der Waals surface area contributed by atoms with Gasteiger partial charge in [0, 0.05) is 26.7 Å². The van der Waals surface area contributed by atoms with Gasteiger partial charge in [-0.15, -0.1) is 0 Å². The first-order valence-electron chi connectivity index (χ1n) is 5.10. The van der Waals surface area contributed by atoms with Gasteiger partial charge in [0.05, 0.1) is 24.4 Å². The molecule has 0 saturated carbocycles. The first-order chi connectivity index (χ1) is 8.08. The summed E-state index contributed by atoms with van der Waals surface area (Å²) in [6.07, 6.45) is 1.65. The highest BCUT2D eigenvalue weighted by atomic mass is 79.9. The number of hydrogen-bond donors (Lipinski definition) is 1. The largest absolute Gasteiger partial charge is 0.480 e. The van der Waals surface area contributed by atoms with Gasteiger partial charge in [-0.3, -0.25) is 0 Å². The van der Waals surface area contributed by atoms with Crippen molar-refractivity contribution in [1.82, 2.24) is 9.97 Å². The van der Waals surface area contributed by atoms with Gasteiger partial charge >= 0.3 is 0 Å². The SMILES string of the molecule is COCC(N)CN(C)c1ncc(Br)c(OC)n1. The Morgan fingerprint density at radius 2 is 2.24 bits per heavy atom. The third kappa shape index (κ3) is 4.10. The molecule has 0 aliphatic carbocycles. The van der Waals surface area contributed by atoms with Crippen LogP contribution in [0.3, 0.4) is 0 Å². The summed E-state index contributed by atoms with van der Waals surface area (Å²) in [7, 11) is 5.06. The van der Waals surface area contributed by atoms with Gasteiger partial charge in [0.1, 0.15) is 0 Å². The second-order valence-electron chi connectivity index (χ2n) is 3.62. The van der Waals surface area contributed by atoms with Crippen molar-refractivity contribution < 1.29 is 9.47 Å². The van der Waals surface area contributed by atoms with Crippen LogP contribution in [0.1, 0.15) is 0 Å². The fraction of sp³-hybridized carbons (Fsp3) is 0.600. The molecule has 0 spiro atoms. The lowest BCUT2D eigenvalue weighted by molar-refractivity contribution is 0.181. The highest BCUT2D eigenvalue weighted by molar-refractivity contribution is 9.10. The van der Waals surface area contributed by atoms with Gasteiger partial charge < -0.3 is 20.1 Å². The third-order valence-electron chi connectivity index (χ3n) is 2.12. The van der Waals surface area contributed by atoms with E-state index < -0.39 is 0 Å². The summed E-state index contributed by atoms with van der Waals surface area (Å²) in [4.78, 5) is 10.3. The quantitative estimate of drug-likeness (QED) is 0.832. The Labute approximate surface area is 109 Å². The van der Waals surface area contributed by atoms with Crippen LogP contribution in [-0.2, 0) is 4.74 Å². The van der Waals surface area contributed by atoms with Crippen LogP contribution in [0, 0.1) is 0 Å². The normalized spacial score (nSPS) is 12.3. The number of nitrogens with zero attached hydrogens (tertiary/aromatic N) is 3. The molecule has 0 amide bonds. The molecule has 0 fully saturated rings. The van der Waals surface area contributed by atoms with Crippen LogP contribution in [0.5, 0.6) is 5.88 Å². The van der Waals surface area contributed by atoms with E-state index in [4.69, 9.17) is 15.2 Å². The number of halogens is 1. The molecule has 1 unspecified atom stereocenters. The molecule has 0 radical (unpaired) electrons. The zero-order chi connectivity index (χ0) is 12.8. The Morgan fingerprint density at radius 3 is 2.82 bits per heavy atom. The van der Waals surface area contributed by atoms with Crippen molar-refractivity contribution in [3.63, 3.8) is 0 Å². The molecule has 0 aliphatic heterocycles. The number of rotatable bonds is 6. The topological polar surface area (TPSA) is 73.5 Å². The first-order valence-corrected chi connectivity index (χ1v) is 5.90. The van der Waals surface area contributed by atoms with E-state index in [1.807, 2.05) is 11.9 Å². The number of aromatic nitrogens is 2. The van der Waals surface area contributed by atoms with Gasteiger partial charge in [-0.2, -0.15) is 4.98 Å². The average molecular weight is 305 g/mol. The van der Waals surface area contributed by atoms with Crippen molar-refractivity contribution in [1.29, 1.82) is 0 Å². The Bertz CT molecular complexity index is 364. The van der Waals surface area contributed by atoms with Crippen LogP contribution in [0.4, 0.5) is 5.95 Å². The minimum Gasteiger partial charge on any atom is -0.480 e. The van der Waals surface area contributed by atoms with Crippen molar-refractivity contribution in [2.24, 2.45) is 5.73 Å². The Balaban J connectivity index is 2.71. The number of methoxy groups -OCH3 is 2. The van der Waals surface area contributed by atoms with E-state index in [0.717, 1.165) is 4.47 Å². The summed E-state index contributed by atoms with van der Waals surface area (Å²) >= 11 is 3.30. The van der Waals surface area contributed by atoms with E-state index in [1.165, 1.54) is 0 Å². The molecule has 17 heavy (non-hydrogen) atoms. The molecule has 1 atom stereocenters. The van der Waals surface area contributed by atoms with Crippen molar-refractivity contribution in [2.45, 2.75) is 6.04 Å². The van der Waals surface area contributed by atoms with Gasteiger partial charge in [-0.05, 0) is 15.9 Å². The lowest BCUT2D eigenvalue weighted by Crippen LogP contribution is -2.39. The summed E-state index contributed by atoms with van der Waals surface area (Å²) < 4.78 is 10.8. The number of anilines is 1. The summed E-state index contributed by atoms with van der Waals surface area (Å²) in [6, 6.07) is -0.0803. The molecule has 96 valence electrons. The molecular weight excluding hydrogens is 288 g/mol. The highest BCUT2D eigenvalue weighted by Crippen LogP contribution is 2.22. The summed E-state index contributed by atoms with van der Waals surface area (Å²) in [5, 5.41) is 0. The number of nitrogens with two attached hydrogens (primary N) is 1. The van der Waals surface area contributed by atoms with Gasteiger partial charge in [0.2, 0.25) is 11.8 Å². The summed E-state index contributed by atoms with van der Waals surface area (Å²) in [5.41, 5.74) is 5.86. The average Bonchev–Trinajstić information content (AvgIpc) is 2.29. The van der Waals surface area contributed by atoms with Gasteiger partial charge in [0.25, 0.3) is 0 Å². The molecule has 2 N–H and O–H groups in total. The molecule has 1 heterocycles. The van der Waals surface area contributed by atoms with E-state index in [-0.39, 0.29) is 6.04 Å². The second-order valence-corrected chi connectivity index (χ2v) is 4.48. The standard InChI is InChI=1S/C10H17BrN4O2/c1-15(5-7(12)6-16-2)10-13-4-8(11)9(14-10)17-3/h4,7H,5-6,12H2,1-3H3. The zero-order valence-electron chi connectivity index (χ0n) is 10.2. The van der Waals surface area contributed by atoms with E-state index in [9.17, 15) is 0 Å². The van der Waals surface area contributed by atoms with E-state index in [1.54, 1.807) is 20.4 Å². The fourth-order valence-corrected chi connectivity index (χ4v) is 1.72. The molecule has 0 bridgehead atoms. The number of hydrogen-bond acceptors (Lipinski definition) is 6. The molecule has 7 heteroatoms. The summed E-state index contributed by atoms with van der Waals surface area (Å²) in [5.74, 6) is 1.07. The van der Waals surface area contributed by atoms with E-state index in [0.29, 0.717) is 25.0 Å². The Hall–Kier alpha value is -0.920. The van der Waals surface area contributed by atoms with Crippen LogP contribution in [0.25, 0.3) is 0 Å². The minimum absolute atomic E-state index is 0.0803. The highest BCUT2D eigenvalue weighted by Gasteiger charge is 2.12. The van der Waals surface area contributed by atoms with Gasteiger partial charge in [-0.1, -0.05) is 0 Å². The predicted molar refractivity (Wildman–Crippen MR) is 69.4 cm³/mol. The second kappa shape index (κ2) is 6.73. The lowest BCUT2D eigenvalue weighted by Gasteiger charge is -2.21. The smallest absolute Gasteiger partial charge is 0.232 e. The van der Waals surface area contributed by atoms with Crippen molar-refractivity contribution in [3.05, 3.63) is 10.7 Å². The maximum atomic E-state index is 5.86. The predicted octanol–water partition coefficient (Wildman–Crippen LogP) is 0.658. The van der Waals surface area contributed by atoms with Crippen LogP contribution in [0.15, 0.2) is 10.7 Å². The zero-order valence-corrected chi connectivity index (χ0v) is 11.8. The maximum Gasteiger partial charge on any atom is 0.232 e. The monoisotopic (exact) mass is 304 g/mol. The van der Waals surface area contributed by atoms with Gasteiger partial charge in [0.15, 0.2) is 0 Å². The Kier molecular flexibility index (Phi) is 5.60. The van der Waals surface area contributed by atoms with E-state index in [2.05, 4.69) is 25.9 Å². The maximum absolute atomic E-state index is 5.86.